The molecule has 0 unspecified atom stereocenters. The topological polar surface area (TPSA) is 55.0 Å². The summed E-state index contributed by atoms with van der Waals surface area (Å²) >= 11 is 6.06. The van der Waals surface area contributed by atoms with Gasteiger partial charge in [-0.15, -0.1) is 0 Å². The highest BCUT2D eigenvalue weighted by molar-refractivity contribution is 6.30. The molecule has 0 spiro atoms. The molecule has 3 rings (SSSR count). The lowest BCUT2D eigenvalue weighted by Crippen LogP contribution is -3.28. The van der Waals surface area contributed by atoms with Gasteiger partial charge in [0.25, 0.3) is 5.91 Å². The van der Waals surface area contributed by atoms with Crippen LogP contribution in [0.2, 0.25) is 5.02 Å². The van der Waals surface area contributed by atoms with E-state index in [0.717, 1.165) is 43.4 Å². The van der Waals surface area contributed by atoms with Crippen molar-refractivity contribution in [3.8, 4) is 0 Å². The molecule has 1 saturated heterocycles. The van der Waals surface area contributed by atoms with Crippen LogP contribution in [-0.2, 0) is 11.3 Å². The predicted octanol–water partition coefficient (Wildman–Crippen LogP) is 0.465. The smallest absolute Gasteiger partial charge is 0.279 e. The summed E-state index contributed by atoms with van der Waals surface area (Å²) in [5.41, 5.74) is 2.64. The van der Waals surface area contributed by atoms with E-state index in [0.29, 0.717) is 12.1 Å². The van der Waals surface area contributed by atoms with Gasteiger partial charge in [0.1, 0.15) is 32.7 Å². The molecular formula is C21H26ClN3O2+2. The molecule has 0 aliphatic carbocycles. The van der Waals surface area contributed by atoms with Crippen LogP contribution in [0.25, 0.3) is 0 Å². The minimum atomic E-state index is 0.0128. The van der Waals surface area contributed by atoms with Crippen LogP contribution in [-0.4, -0.2) is 44.4 Å². The number of halogens is 1. The largest absolute Gasteiger partial charge is 0.322 e. The van der Waals surface area contributed by atoms with E-state index in [1.165, 1.54) is 22.3 Å². The van der Waals surface area contributed by atoms with Gasteiger partial charge in [-0.2, -0.15) is 0 Å². The predicted molar refractivity (Wildman–Crippen MR) is 106 cm³/mol. The Morgan fingerprint density at radius 1 is 1.00 bits per heavy atom. The Morgan fingerprint density at radius 3 is 2.30 bits per heavy atom. The zero-order chi connectivity index (χ0) is 19.2. The molecule has 0 aromatic heterocycles. The van der Waals surface area contributed by atoms with Gasteiger partial charge in [0.15, 0.2) is 12.3 Å². The SMILES string of the molecule is CC(=O)c1ccc(NC(=O)C[NH+]2CC[NH+](Cc3cccc(Cl)c3)CC2)cc1. The summed E-state index contributed by atoms with van der Waals surface area (Å²) < 4.78 is 0. The van der Waals surface area contributed by atoms with Gasteiger partial charge in [-0.1, -0.05) is 23.7 Å². The van der Waals surface area contributed by atoms with Crippen LogP contribution in [0.5, 0.6) is 0 Å². The maximum Gasteiger partial charge on any atom is 0.279 e. The van der Waals surface area contributed by atoms with Gasteiger partial charge in [0, 0.05) is 21.8 Å². The average Bonchev–Trinajstić information content (AvgIpc) is 2.64. The summed E-state index contributed by atoms with van der Waals surface area (Å²) in [4.78, 5) is 26.4. The Morgan fingerprint density at radius 2 is 1.67 bits per heavy atom. The molecule has 1 heterocycles. The minimum absolute atomic E-state index is 0.0128. The lowest BCUT2D eigenvalue weighted by atomic mass is 10.1. The minimum Gasteiger partial charge on any atom is -0.322 e. The highest BCUT2D eigenvalue weighted by atomic mass is 35.5. The number of amides is 1. The van der Waals surface area contributed by atoms with E-state index in [4.69, 9.17) is 11.6 Å². The first-order chi connectivity index (χ1) is 13.0. The van der Waals surface area contributed by atoms with Crippen molar-refractivity contribution in [1.82, 2.24) is 0 Å². The molecule has 0 saturated carbocycles. The Bertz CT molecular complexity index is 799. The van der Waals surface area contributed by atoms with Gasteiger partial charge >= 0.3 is 0 Å². The van der Waals surface area contributed by atoms with Crippen molar-refractivity contribution < 1.29 is 19.4 Å². The van der Waals surface area contributed by atoms with Gasteiger partial charge in [0.05, 0.1) is 0 Å². The second-order valence-corrected chi connectivity index (χ2v) is 7.60. The van der Waals surface area contributed by atoms with Gasteiger partial charge < -0.3 is 15.1 Å². The fourth-order valence-electron chi connectivity index (χ4n) is 3.47. The lowest BCUT2D eigenvalue weighted by molar-refractivity contribution is -1.02. The first-order valence-electron chi connectivity index (χ1n) is 9.32. The third kappa shape index (κ3) is 5.89. The van der Waals surface area contributed by atoms with Crippen molar-refractivity contribution >= 4 is 29.0 Å². The number of nitrogens with one attached hydrogen (secondary N) is 3. The third-order valence-corrected chi connectivity index (χ3v) is 5.23. The number of hydrogen-bond acceptors (Lipinski definition) is 2. The second-order valence-electron chi connectivity index (χ2n) is 7.17. The van der Waals surface area contributed by atoms with E-state index in [-0.39, 0.29) is 11.7 Å². The van der Waals surface area contributed by atoms with E-state index in [9.17, 15) is 9.59 Å². The molecule has 2 aromatic rings. The summed E-state index contributed by atoms with van der Waals surface area (Å²) in [6.45, 7) is 7.02. The second kappa shape index (κ2) is 9.13. The summed E-state index contributed by atoms with van der Waals surface area (Å²) in [6.07, 6.45) is 0. The number of quaternary nitrogens is 2. The molecule has 27 heavy (non-hydrogen) atoms. The Labute approximate surface area is 164 Å². The molecule has 0 atom stereocenters. The van der Waals surface area contributed by atoms with Crippen molar-refractivity contribution in [2.45, 2.75) is 13.5 Å². The number of benzene rings is 2. The van der Waals surface area contributed by atoms with Crippen LogP contribution in [0.1, 0.15) is 22.8 Å². The summed E-state index contributed by atoms with van der Waals surface area (Å²) in [7, 11) is 0. The molecule has 5 nitrogen and oxygen atoms in total. The number of hydrogen-bond donors (Lipinski definition) is 3. The van der Waals surface area contributed by atoms with Crippen molar-refractivity contribution in [1.29, 1.82) is 0 Å². The molecule has 1 fully saturated rings. The molecular weight excluding hydrogens is 362 g/mol. The van der Waals surface area contributed by atoms with E-state index >= 15 is 0 Å². The molecule has 6 heteroatoms. The van der Waals surface area contributed by atoms with Gasteiger partial charge in [-0.3, -0.25) is 9.59 Å². The zero-order valence-electron chi connectivity index (χ0n) is 15.6. The highest BCUT2D eigenvalue weighted by Gasteiger charge is 2.24. The number of carbonyl (C=O) groups is 2. The van der Waals surface area contributed by atoms with Crippen LogP contribution in [0.15, 0.2) is 48.5 Å². The normalized spacial score (nSPS) is 19.5. The Balaban J connectivity index is 1.43. The summed E-state index contributed by atoms with van der Waals surface area (Å²) in [5.74, 6) is 0.0364. The van der Waals surface area contributed by atoms with Crippen LogP contribution in [0, 0.1) is 0 Å². The van der Waals surface area contributed by atoms with Gasteiger partial charge in [0.2, 0.25) is 0 Å². The molecule has 0 radical (unpaired) electrons. The van der Waals surface area contributed by atoms with E-state index in [1.54, 1.807) is 24.3 Å². The van der Waals surface area contributed by atoms with Crippen molar-refractivity contribution in [2.24, 2.45) is 0 Å². The van der Waals surface area contributed by atoms with Crippen LogP contribution in [0.4, 0.5) is 5.69 Å². The van der Waals surface area contributed by atoms with E-state index in [2.05, 4.69) is 11.4 Å². The summed E-state index contributed by atoms with van der Waals surface area (Å²) in [5, 5.41) is 3.70. The molecule has 3 N–H and O–H groups in total. The standard InChI is InChI=1S/C21H24ClN3O2/c1-16(26)18-5-7-20(8-6-18)23-21(27)15-25-11-9-24(10-12-25)14-17-3-2-4-19(22)13-17/h2-8,13H,9-12,14-15H2,1H3,(H,23,27)/p+2. The maximum atomic E-state index is 12.3. The first-order valence-corrected chi connectivity index (χ1v) is 9.70. The average molecular weight is 388 g/mol. The molecule has 1 amide bonds. The molecule has 142 valence electrons. The van der Waals surface area contributed by atoms with Crippen LogP contribution >= 0.6 is 11.6 Å². The first kappa shape index (κ1) is 19.5. The fraction of sp³-hybridized carbons (Fsp3) is 0.333. The van der Waals surface area contributed by atoms with Gasteiger partial charge in [-0.25, -0.2) is 0 Å². The fourth-order valence-corrected chi connectivity index (χ4v) is 3.68. The maximum absolute atomic E-state index is 12.3. The molecule has 2 aromatic carbocycles. The quantitative estimate of drug-likeness (QED) is 0.631. The molecule has 1 aliphatic rings. The Kier molecular flexibility index (Phi) is 6.61. The number of rotatable bonds is 6. The molecule has 1 aliphatic heterocycles. The van der Waals surface area contributed by atoms with E-state index < -0.39 is 0 Å². The van der Waals surface area contributed by atoms with Crippen molar-refractivity contribution in [3.63, 3.8) is 0 Å². The number of ketones is 1. The number of anilines is 1. The zero-order valence-corrected chi connectivity index (χ0v) is 16.3. The van der Waals surface area contributed by atoms with Crippen molar-refractivity contribution in [3.05, 3.63) is 64.7 Å². The number of carbonyl (C=O) groups excluding carboxylic acids is 2. The monoisotopic (exact) mass is 387 g/mol. The highest BCUT2D eigenvalue weighted by Crippen LogP contribution is 2.10. The van der Waals surface area contributed by atoms with Crippen molar-refractivity contribution in [2.75, 3.05) is 38.0 Å². The summed E-state index contributed by atoms with van der Waals surface area (Å²) in [6, 6.07) is 15.1. The number of Topliss-reactive ketones (excluding diaryl/α,β-unsaturated/α-hetero) is 1. The molecule has 0 bridgehead atoms. The van der Waals surface area contributed by atoms with E-state index in [1.807, 2.05) is 18.2 Å². The lowest BCUT2D eigenvalue weighted by Gasteiger charge is -2.29. The third-order valence-electron chi connectivity index (χ3n) is 4.99. The van der Waals surface area contributed by atoms with Crippen LogP contribution < -0.4 is 15.1 Å². The van der Waals surface area contributed by atoms with Gasteiger partial charge in [-0.05, 0) is 43.3 Å². The van der Waals surface area contributed by atoms with Crippen LogP contribution in [0.3, 0.4) is 0 Å². The number of piperazine rings is 1. The Hall–Kier alpha value is -2.21.